The van der Waals surface area contributed by atoms with Gasteiger partial charge in [0.15, 0.2) is 0 Å². The van der Waals surface area contributed by atoms with Crippen LogP contribution in [0.1, 0.15) is 30.1 Å². The molecule has 0 radical (unpaired) electrons. The maximum Gasteiger partial charge on any atom is 0.339 e. The van der Waals surface area contributed by atoms with Gasteiger partial charge in [0.1, 0.15) is 5.82 Å². The van der Waals surface area contributed by atoms with Crippen molar-refractivity contribution in [3.63, 3.8) is 0 Å². The minimum Gasteiger partial charge on any atom is -0.481 e. The van der Waals surface area contributed by atoms with Crippen LogP contribution in [0.25, 0.3) is 0 Å². The molecule has 1 fully saturated rings. The van der Waals surface area contributed by atoms with Gasteiger partial charge in [-0.05, 0) is 38.0 Å². The lowest BCUT2D eigenvalue weighted by molar-refractivity contribution is -0.144. The summed E-state index contributed by atoms with van der Waals surface area (Å²) < 4.78 is 44.8. The summed E-state index contributed by atoms with van der Waals surface area (Å²) in [6.45, 7) is 1.64. The molecule has 7 nitrogen and oxygen atoms in total. The van der Waals surface area contributed by atoms with Crippen LogP contribution >= 0.6 is 0 Å². The van der Waals surface area contributed by atoms with Gasteiger partial charge in [-0.2, -0.15) is 4.31 Å². The minimum absolute atomic E-state index is 0.130. The number of hydrogen-bond acceptors (Lipinski definition) is 5. The predicted octanol–water partition coefficient (Wildman–Crippen LogP) is 1.49. The lowest BCUT2D eigenvalue weighted by Gasteiger charge is -2.36. The number of piperidine rings is 1. The minimum atomic E-state index is -4.18. The first-order valence-electron chi connectivity index (χ1n) is 7.32. The maximum absolute atomic E-state index is 13.4. The van der Waals surface area contributed by atoms with Crippen LogP contribution in [-0.4, -0.2) is 49.5 Å². The van der Waals surface area contributed by atoms with Gasteiger partial charge in [0, 0.05) is 12.6 Å². The number of carbonyl (C=O) groups is 2. The van der Waals surface area contributed by atoms with E-state index in [2.05, 4.69) is 4.74 Å². The number of methoxy groups -OCH3 is 1. The second-order valence-corrected chi connectivity index (χ2v) is 7.43. The molecule has 0 unspecified atom stereocenters. The zero-order valence-electron chi connectivity index (χ0n) is 13.2. The number of rotatable bonds is 4. The molecule has 2 atom stereocenters. The molecule has 0 spiro atoms. The van der Waals surface area contributed by atoms with Crippen molar-refractivity contribution in [2.75, 3.05) is 13.7 Å². The first kappa shape index (κ1) is 18.3. The van der Waals surface area contributed by atoms with E-state index in [1.165, 1.54) is 6.92 Å². The smallest absolute Gasteiger partial charge is 0.339 e. The molecule has 132 valence electrons. The highest BCUT2D eigenvalue weighted by atomic mass is 32.2. The lowest BCUT2D eigenvalue weighted by atomic mass is 9.92. The highest BCUT2D eigenvalue weighted by molar-refractivity contribution is 7.89. The lowest BCUT2D eigenvalue weighted by Crippen LogP contribution is -2.49. The zero-order chi connectivity index (χ0) is 18.1. The Kier molecular flexibility index (Phi) is 5.24. The molecule has 1 aliphatic heterocycles. The molecule has 1 aromatic carbocycles. The van der Waals surface area contributed by atoms with Crippen molar-refractivity contribution in [1.29, 1.82) is 0 Å². The molecular weight excluding hydrogens is 341 g/mol. The van der Waals surface area contributed by atoms with E-state index >= 15 is 0 Å². The van der Waals surface area contributed by atoms with E-state index < -0.39 is 50.2 Å². The first-order valence-corrected chi connectivity index (χ1v) is 8.76. The average Bonchev–Trinajstić information content (AvgIpc) is 2.53. The van der Waals surface area contributed by atoms with Gasteiger partial charge in [-0.25, -0.2) is 17.6 Å². The fourth-order valence-electron chi connectivity index (χ4n) is 2.90. The third kappa shape index (κ3) is 3.27. The number of nitrogens with zero attached hydrogens (tertiary/aromatic N) is 1. The van der Waals surface area contributed by atoms with Crippen LogP contribution in [0.5, 0.6) is 0 Å². The molecule has 9 heteroatoms. The molecule has 1 heterocycles. The second kappa shape index (κ2) is 6.86. The van der Waals surface area contributed by atoms with Crippen LogP contribution in [0.4, 0.5) is 4.39 Å². The number of benzene rings is 1. The number of hydrogen-bond donors (Lipinski definition) is 1. The second-order valence-electron chi connectivity index (χ2n) is 5.58. The van der Waals surface area contributed by atoms with Gasteiger partial charge in [-0.1, -0.05) is 0 Å². The van der Waals surface area contributed by atoms with Crippen LogP contribution in [-0.2, 0) is 19.6 Å². The van der Waals surface area contributed by atoms with Crippen LogP contribution < -0.4 is 0 Å². The summed E-state index contributed by atoms with van der Waals surface area (Å²) in [4.78, 5) is 22.7. The van der Waals surface area contributed by atoms with Gasteiger partial charge in [0.05, 0.1) is 23.5 Å². The summed E-state index contributed by atoms with van der Waals surface area (Å²) in [6.07, 6.45) is 0.755. The molecular formula is C15H18FNO6S. The fourth-order valence-corrected chi connectivity index (χ4v) is 4.77. The van der Waals surface area contributed by atoms with E-state index in [1.807, 2.05) is 0 Å². The Bertz CT molecular complexity index is 763. The maximum atomic E-state index is 13.4. The van der Waals surface area contributed by atoms with Gasteiger partial charge < -0.3 is 9.84 Å². The van der Waals surface area contributed by atoms with Crippen LogP contribution in [0, 0.1) is 11.7 Å². The summed E-state index contributed by atoms with van der Waals surface area (Å²) in [7, 11) is -3.11. The molecule has 0 aliphatic carbocycles. The van der Waals surface area contributed by atoms with Crippen molar-refractivity contribution in [3.05, 3.63) is 29.6 Å². The molecule has 2 rings (SSSR count). The highest BCUT2D eigenvalue weighted by Gasteiger charge is 2.40. The molecule has 0 bridgehead atoms. The highest BCUT2D eigenvalue weighted by Crippen LogP contribution is 2.31. The Labute approximate surface area is 139 Å². The van der Waals surface area contributed by atoms with E-state index in [1.54, 1.807) is 0 Å². The van der Waals surface area contributed by atoms with Crippen molar-refractivity contribution in [1.82, 2.24) is 4.31 Å². The van der Waals surface area contributed by atoms with Crippen molar-refractivity contribution < 1.29 is 32.2 Å². The Balaban J connectivity index is 2.51. The summed E-state index contributed by atoms with van der Waals surface area (Å²) in [6, 6.07) is 1.94. The number of carboxylic acids is 1. The van der Waals surface area contributed by atoms with Crippen molar-refractivity contribution >= 4 is 22.0 Å². The van der Waals surface area contributed by atoms with E-state index in [0.717, 1.165) is 29.6 Å². The number of aliphatic carboxylic acids is 1. The van der Waals surface area contributed by atoms with Gasteiger partial charge in [-0.3, -0.25) is 4.79 Å². The number of sulfonamides is 1. The zero-order valence-corrected chi connectivity index (χ0v) is 14.0. The third-order valence-electron chi connectivity index (χ3n) is 4.18. The summed E-state index contributed by atoms with van der Waals surface area (Å²) in [5, 5.41) is 9.23. The molecule has 1 aromatic rings. The molecule has 1 saturated heterocycles. The Morgan fingerprint density at radius 2 is 2.04 bits per heavy atom. The van der Waals surface area contributed by atoms with Crippen LogP contribution in [0.15, 0.2) is 23.1 Å². The van der Waals surface area contributed by atoms with Gasteiger partial charge in [0.2, 0.25) is 10.0 Å². The Hall–Kier alpha value is -2.00. The molecule has 1 aliphatic rings. The molecule has 24 heavy (non-hydrogen) atoms. The average molecular weight is 359 g/mol. The van der Waals surface area contributed by atoms with Gasteiger partial charge in [-0.15, -0.1) is 0 Å². The van der Waals surface area contributed by atoms with Crippen molar-refractivity contribution in [3.8, 4) is 0 Å². The Morgan fingerprint density at radius 1 is 1.38 bits per heavy atom. The van der Waals surface area contributed by atoms with Gasteiger partial charge >= 0.3 is 11.9 Å². The largest absolute Gasteiger partial charge is 0.481 e. The Morgan fingerprint density at radius 3 is 2.62 bits per heavy atom. The molecule has 0 amide bonds. The van der Waals surface area contributed by atoms with E-state index in [4.69, 9.17) is 0 Å². The number of halogens is 1. The van der Waals surface area contributed by atoms with E-state index in [0.29, 0.717) is 12.8 Å². The fraction of sp³-hybridized carbons (Fsp3) is 0.467. The van der Waals surface area contributed by atoms with E-state index in [-0.39, 0.29) is 6.54 Å². The standard InChI is InChI=1S/C15H18FNO6S/c1-9-11(14(18)19)4-3-7-17(9)24(21,22)13-6-5-10(16)8-12(13)15(20)23-2/h5-6,8-9,11H,3-4,7H2,1-2H3,(H,18,19)/t9-,11-/m0/s1. The molecule has 1 N–H and O–H groups in total. The predicted molar refractivity (Wildman–Crippen MR) is 81.5 cm³/mol. The molecule has 0 aromatic heterocycles. The number of ether oxygens (including phenoxy) is 1. The van der Waals surface area contributed by atoms with Crippen molar-refractivity contribution in [2.24, 2.45) is 5.92 Å². The molecule has 0 saturated carbocycles. The monoisotopic (exact) mass is 359 g/mol. The summed E-state index contributed by atoms with van der Waals surface area (Å²) in [5.41, 5.74) is -0.415. The first-order chi connectivity index (χ1) is 11.2. The quantitative estimate of drug-likeness (QED) is 0.818. The summed E-state index contributed by atoms with van der Waals surface area (Å²) >= 11 is 0. The summed E-state index contributed by atoms with van der Waals surface area (Å²) in [5.74, 6) is -3.66. The van der Waals surface area contributed by atoms with E-state index in [9.17, 15) is 27.5 Å². The number of carbonyl (C=O) groups excluding carboxylic acids is 1. The topological polar surface area (TPSA) is 101 Å². The van der Waals surface area contributed by atoms with Crippen LogP contribution in [0.3, 0.4) is 0 Å². The third-order valence-corrected chi connectivity index (χ3v) is 6.23. The van der Waals surface area contributed by atoms with Crippen molar-refractivity contribution in [2.45, 2.75) is 30.7 Å². The normalized spacial score (nSPS) is 22.1. The number of carboxylic acid groups (broad SMARTS) is 1. The van der Waals surface area contributed by atoms with Crippen LogP contribution in [0.2, 0.25) is 0 Å². The SMILES string of the molecule is COC(=O)c1cc(F)ccc1S(=O)(=O)N1CCC[C@H](C(=O)O)[C@@H]1C. The van der Waals surface area contributed by atoms with Gasteiger partial charge in [0.25, 0.3) is 0 Å². The number of esters is 1.